The molecule has 0 aromatic heterocycles. The van der Waals surface area contributed by atoms with Crippen LogP contribution in [-0.2, 0) is 0 Å². The molecule has 0 saturated carbocycles. The minimum atomic E-state index is 0.784. The van der Waals surface area contributed by atoms with Crippen molar-refractivity contribution in [3.8, 4) is 11.5 Å². The van der Waals surface area contributed by atoms with E-state index in [1.165, 1.54) is 0 Å². The van der Waals surface area contributed by atoms with Crippen molar-refractivity contribution >= 4 is 11.4 Å². The molecule has 0 fully saturated rings. The molecule has 0 heterocycles. The predicted molar refractivity (Wildman–Crippen MR) is 74.1 cm³/mol. The molecule has 0 atom stereocenters. The fourth-order valence-corrected chi connectivity index (χ4v) is 1.79. The maximum Gasteiger partial charge on any atom is 0.124 e. The molecule has 0 amide bonds. The van der Waals surface area contributed by atoms with Crippen LogP contribution in [0.5, 0.6) is 11.5 Å². The summed E-state index contributed by atoms with van der Waals surface area (Å²) in [4.78, 5) is 2.09. The Balaban J connectivity index is 2.38. The Morgan fingerprint density at radius 2 is 1.33 bits per heavy atom. The average molecular weight is 243 g/mol. The largest absolute Gasteiger partial charge is 0.497 e. The molecule has 0 aliphatic heterocycles. The summed E-state index contributed by atoms with van der Waals surface area (Å²) >= 11 is 0. The summed E-state index contributed by atoms with van der Waals surface area (Å²) in [6, 6.07) is 16.0. The molecule has 94 valence electrons. The third-order valence-corrected chi connectivity index (χ3v) is 2.87. The number of methoxy groups -OCH3 is 2. The molecule has 0 N–H and O–H groups in total. The number of ether oxygens (including phenoxy) is 2. The fourth-order valence-electron chi connectivity index (χ4n) is 1.79. The third-order valence-electron chi connectivity index (χ3n) is 2.87. The van der Waals surface area contributed by atoms with Gasteiger partial charge in [-0.15, -0.1) is 0 Å². The lowest BCUT2D eigenvalue weighted by molar-refractivity contribution is 0.394. The van der Waals surface area contributed by atoms with Crippen LogP contribution in [0.1, 0.15) is 0 Å². The van der Waals surface area contributed by atoms with E-state index in [9.17, 15) is 0 Å². The lowest BCUT2D eigenvalue weighted by Crippen LogP contribution is -2.09. The molecule has 2 rings (SSSR count). The highest BCUT2D eigenvalue weighted by molar-refractivity contribution is 5.65. The van der Waals surface area contributed by atoms with Gasteiger partial charge in [-0.05, 0) is 12.1 Å². The Hall–Kier alpha value is -2.16. The van der Waals surface area contributed by atoms with Crippen LogP contribution in [-0.4, -0.2) is 21.3 Å². The first-order valence-electron chi connectivity index (χ1n) is 5.76. The van der Waals surface area contributed by atoms with Crippen LogP contribution in [0.2, 0.25) is 0 Å². The SMILES string of the molecule is COc1cc(OC)cc(N(C)c2ccccc2)c1. The molecule has 18 heavy (non-hydrogen) atoms. The highest BCUT2D eigenvalue weighted by Crippen LogP contribution is 2.31. The van der Waals surface area contributed by atoms with Gasteiger partial charge < -0.3 is 14.4 Å². The smallest absolute Gasteiger partial charge is 0.124 e. The predicted octanol–water partition coefficient (Wildman–Crippen LogP) is 3.47. The van der Waals surface area contributed by atoms with Crippen LogP contribution in [0.3, 0.4) is 0 Å². The molecule has 2 aromatic carbocycles. The van der Waals surface area contributed by atoms with Crippen molar-refractivity contribution < 1.29 is 9.47 Å². The van der Waals surface area contributed by atoms with Crippen LogP contribution < -0.4 is 14.4 Å². The van der Waals surface area contributed by atoms with E-state index in [2.05, 4.69) is 17.0 Å². The molecule has 0 saturated heterocycles. The number of para-hydroxylation sites is 1. The first-order chi connectivity index (χ1) is 8.74. The van der Waals surface area contributed by atoms with E-state index in [0.717, 1.165) is 22.9 Å². The first-order valence-corrected chi connectivity index (χ1v) is 5.76. The zero-order valence-electron chi connectivity index (χ0n) is 10.9. The van der Waals surface area contributed by atoms with Gasteiger partial charge in [-0.2, -0.15) is 0 Å². The number of hydrogen-bond donors (Lipinski definition) is 0. The normalized spacial score (nSPS) is 9.94. The summed E-state index contributed by atoms with van der Waals surface area (Å²) in [7, 11) is 5.33. The monoisotopic (exact) mass is 243 g/mol. The van der Waals surface area contributed by atoms with Crippen molar-refractivity contribution in [3.63, 3.8) is 0 Å². The highest BCUT2D eigenvalue weighted by Gasteiger charge is 2.07. The summed E-state index contributed by atoms with van der Waals surface area (Å²) in [6.45, 7) is 0. The molecular formula is C15H17NO2. The number of rotatable bonds is 4. The van der Waals surface area contributed by atoms with Crippen molar-refractivity contribution in [2.45, 2.75) is 0 Å². The second kappa shape index (κ2) is 5.45. The average Bonchev–Trinajstić information content (AvgIpc) is 2.46. The molecule has 0 radical (unpaired) electrons. The molecule has 2 aromatic rings. The summed E-state index contributed by atoms with van der Waals surface area (Å²) < 4.78 is 10.6. The van der Waals surface area contributed by atoms with E-state index < -0.39 is 0 Å². The molecule has 0 bridgehead atoms. The molecular weight excluding hydrogens is 226 g/mol. The van der Waals surface area contributed by atoms with Crippen LogP contribution in [0.25, 0.3) is 0 Å². The molecule has 0 aliphatic carbocycles. The molecule has 3 heteroatoms. The Kier molecular flexibility index (Phi) is 3.72. The van der Waals surface area contributed by atoms with E-state index in [1.54, 1.807) is 14.2 Å². The number of benzene rings is 2. The van der Waals surface area contributed by atoms with Crippen LogP contribution in [0, 0.1) is 0 Å². The Bertz CT molecular complexity index is 489. The van der Waals surface area contributed by atoms with Gasteiger partial charge in [-0.1, -0.05) is 18.2 Å². The summed E-state index contributed by atoms with van der Waals surface area (Å²) in [6.07, 6.45) is 0. The fraction of sp³-hybridized carbons (Fsp3) is 0.200. The number of hydrogen-bond acceptors (Lipinski definition) is 3. The lowest BCUT2D eigenvalue weighted by Gasteiger charge is -2.20. The minimum absolute atomic E-state index is 0.784. The van der Waals surface area contributed by atoms with Crippen molar-refractivity contribution in [3.05, 3.63) is 48.5 Å². The van der Waals surface area contributed by atoms with Gasteiger partial charge >= 0.3 is 0 Å². The summed E-state index contributed by atoms with van der Waals surface area (Å²) in [5.41, 5.74) is 2.14. The van der Waals surface area contributed by atoms with Gasteiger partial charge in [0.15, 0.2) is 0 Å². The van der Waals surface area contributed by atoms with E-state index >= 15 is 0 Å². The number of nitrogens with zero attached hydrogens (tertiary/aromatic N) is 1. The van der Waals surface area contributed by atoms with E-state index in [-0.39, 0.29) is 0 Å². The summed E-state index contributed by atoms with van der Waals surface area (Å²) in [5, 5.41) is 0. The van der Waals surface area contributed by atoms with Crippen molar-refractivity contribution in [1.29, 1.82) is 0 Å². The van der Waals surface area contributed by atoms with Crippen LogP contribution >= 0.6 is 0 Å². The van der Waals surface area contributed by atoms with Crippen molar-refractivity contribution in [2.75, 3.05) is 26.2 Å². The highest BCUT2D eigenvalue weighted by atomic mass is 16.5. The quantitative estimate of drug-likeness (QED) is 0.820. The molecule has 0 unspecified atom stereocenters. The van der Waals surface area contributed by atoms with E-state index in [1.807, 2.05) is 43.4 Å². The van der Waals surface area contributed by atoms with Crippen LogP contribution in [0.4, 0.5) is 11.4 Å². The maximum atomic E-state index is 5.28. The number of anilines is 2. The second-order valence-electron chi connectivity index (χ2n) is 3.97. The van der Waals surface area contributed by atoms with Gasteiger partial charge in [-0.25, -0.2) is 0 Å². The standard InChI is InChI=1S/C15H17NO2/c1-16(12-7-5-4-6-8-12)13-9-14(17-2)11-15(10-13)18-3/h4-11H,1-3H3. The van der Waals surface area contributed by atoms with Gasteiger partial charge in [-0.3, -0.25) is 0 Å². The Morgan fingerprint density at radius 3 is 1.83 bits per heavy atom. The lowest BCUT2D eigenvalue weighted by atomic mass is 10.2. The van der Waals surface area contributed by atoms with Crippen LogP contribution in [0.15, 0.2) is 48.5 Å². The van der Waals surface area contributed by atoms with E-state index in [4.69, 9.17) is 9.47 Å². The molecule has 0 spiro atoms. The zero-order valence-corrected chi connectivity index (χ0v) is 10.9. The van der Waals surface area contributed by atoms with Gasteiger partial charge in [0.1, 0.15) is 11.5 Å². The van der Waals surface area contributed by atoms with Gasteiger partial charge in [0.2, 0.25) is 0 Å². The molecule has 0 aliphatic rings. The molecule has 3 nitrogen and oxygen atoms in total. The van der Waals surface area contributed by atoms with Gasteiger partial charge in [0.05, 0.1) is 14.2 Å². The van der Waals surface area contributed by atoms with Crippen molar-refractivity contribution in [1.82, 2.24) is 0 Å². The maximum absolute atomic E-state index is 5.28. The summed E-state index contributed by atoms with van der Waals surface area (Å²) in [5.74, 6) is 1.57. The van der Waals surface area contributed by atoms with Gasteiger partial charge in [0, 0.05) is 36.6 Å². The van der Waals surface area contributed by atoms with E-state index in [0.29, 0.717) is 0 Å². The topological polar surface area (TPSA) is 21.7 Å². The third kappa shape index (κ3) is 2.56. The Morgan fingerprint density at radius 1 is 0.778 bits per heavy atom. The second-order valence-corrected chi connectivity index (χ2v) is 3.97. The zero-order chi connectivity index (χ0) is 13.0. The first kappa shape index (κ1) is 12.3. The minimum Gasteiger partial charge on any atom is -0.497 e. The van der Waals surface area contributed by atoms with Crippen molar-refractivity contribution in [2.24, 2.45) is 0 Å². The Labute approximate surface area is 108 Å². The van der Waals surface area contributed by atoms with Gasteiger partial charge in [0.25, 0.3) is 0 Å².